The standard InChI is InChI=1S/C13H17BrO2/c1-7-4-5-9(15)12-11(7)10(16-3)6-8(2)13(12)14/h6-7,9,15H,4-5H2,1-3H3/t7?,9-/m0/s1. The van der Waals surface area contributed by atoms with E-state index in [1.165, 1.54) is 5.56 Å². The second-order valence-electron chi connectivity index (χ2n) is 4.53. The van der Waals surface area contributed by atoms with Crippen molar-refractivity contribution >= 4 is 15.9 Å². The fraction of sp³-hybridized carbons (Fsp3) is 0.538. The number of benzene rings is 1. The van der Waals surface area contributed by atoms with Crippen molar-refractivity contribution in [3.8, 4) is 5.75 Å². The van der Waals surface area contributed by atoms with Crippen molar-refractivity contribution in [2.24, 2.45) is 0 Å². The first-order chi connectivity index (χ1) is 7.56. The lowest BCUT2D eigenvalue weighted by atomic mass is 9.81. The number of aliphatic hydroxyl groups excluding tert-OH is 1. The Morgan fingerprint density at radius 3 is 2.69 bits per heavy atom. The van der Waals surface area contributed by atoms with Gasteiger partial charge in [-0.2, -0.15) is 0 Å². The molecule has 2 nitrogen and oxygen atoms in total. The molecule has 1 aromatic carbocycles. The van der Waals surface area contributed by atoms with E-state index >= 15 is 0 Å². The molecule has 0 saturated heterocycles. The Hall–Kier alpha value is -0.540. The van der Waals surface area contributed by atoms with Gasteiger partial charge in [0.2, 0.25) is 0 Å². The summed E-state index contributed by atoms with van der Waals surface area (Å²) >= 11 is 3.58. The minimum Gasteiger partial charge on any atom is -0.496 e. The minimum absolute atomic E-state index is 0.366. The molecule has 0 heterocycles. The Morgan fingerprint density at radius 1 is 1.38 bits per heavy atom. The van der Waals surface area contributed by atoms with E-state index in [4.69, 9.17) is 4.74 Å². The van der Waals surface area contributed by atoms with Crippen LogP contribution < -0.4 is 4.74 Å². The van der Waals surface area contributed by atoms with Crippen LogP contribution in [0.15, 0.2) is 10.5 Å². The maximum absolute atomic E-state index is 10.1. The normalized spacial score (nSPS) is 24.1. The third kappa shape index (κ3) is 1.76. The van der Waals surface area contributed by atoms with Gasteiger partial charge in [0.15, 0.2) is 0 Å². The zero-order valence-corrected chi connectivity index (χ0v) is 11.5. The summed E-state index contributed by atoms with van der Waals surface area (Å²) < 4.78 is 6.47. The summed E-state index contributed by atoms with van der Waals surface area (Å²) in [6.45, 7) is 4.22. The molecule has 1 unspecified atom stereocenters. The third-order valence-electron chi connectivity index (χ3n) is 3.40. The fourth-order valence-electron chi connectivity index (χ4n) is 2.50. The minimum atomic E-state index is -0.366. The number of aliphatic hydroxyl groups is 1. The number of hydrogen-bond acceptors (Lipinski definition) is 2. The van der Waals surface area contributed by atoms with Gasteiger partial charge < -0.3 is 9.84 Å². The molecule has 1 aliphatic carbocycles. The Labute approximate surface area is 105 Å². The highest BCUT2D eigenvalue weighted by Crippen LogP contribution is 2.46. The number of methoxy groups -OCH3 is 1. The summed E-state index contributed by atoms with van der Waals surface area (Å²) in [7, 11) is 1.69. The molecule has 1 aromatic rings. The largest absolute Gasteiger partial charge is 0.496 e. The van der Waals surface area contributed by atoms with Crippen molar-refractivity contribution in [2.45, 2.75) is 38.7 Å². The van der Waals surface area contributed by atoms with E-state index in [0.29, 0.717) is 5.92 Å². The molecule has 1 aliphatic rings. The number of halogens is 1. The Kier molecular flexibility index (Phi) is 3.27. The summed E-state index contributed by atoms with van der Waals surface area (Å²) in [6.07, 6.45) is 1.48. The maximum Gasteiger partial charge on any atom is 0.123 e. The quantitative estimate of drug-likeness (QED) is 0.852. The monoisotopic (exact) mass is 284 g/mol. The van der Waals surface area contributed by atoms with Gasteiger partial charge in [0.05, 0.1) is 13.2 Å². The molecule has 0 amide bonds. The number of hydrogen-bond donors (Lipinski definition) is 1. The number of aryl methyl sites for hydroxylation is 1. The predicted octanol–water partition coefficient (Wildman–Crippen LogP) is 3.70. The smallest absolute Gasteiger partial charge is 0.123 e. The highest BCUT2D eigenvalue weighted by atomic mass is 79.9. The zero-order chi connectivity index (χ0) is 11.9. The first-order valence-electron chi connectivity index (χ1n) is 5.61. The van der Waals surface area contributed by atoms with Gasteiger partial charge in [0.1, 0.15) is 5.75 Å². The van der Waals surface area contributed by atoms with E-state index in [1.54, 1.807) is 7.11 Å². The molecule has 3 heteroatoms. The second-order valence-corrected chi connectivity index (χ2v) is 5.32. The Bertz CT molecular complexity index is 415. The Morgan fingerprint density at radius 2 is 2.06 bits per heavy atom. The predicted molar refractivity (Wildman–Crippen MR) is 68.0 cm³/mol. The molecule has 0 aromatic heterocycles. The van der Waals surface area contributed by atoms with Gasteiger partial charge >= 0.3 is 0 Å². The molecule has 88 valence electrons. The van der Waals surface area contributed by atoms with Crippen LogP contribution in [0.25, 0.3) is 0 Å². The molecule has 16 heavy (non-hydrogen) atoms. The van der Waals surface area contributed by atoms with Crippen LogP contribution in [0, 0.1) is 6.92 Å². The molecular formula is C13H17BrO2. The van der Waals surface area contributed by atoms with Crippen LogP contribution in [0.4, 0.5) is 0 Å². The van der Waals surface area contributed by atoms with Crippen LogP contribution >= 0.6 is 15.9 Å². The SMILES string of the molecule is COc1cc(C)c(Br)c2c1C(C)CC[C@@H]2O. The third-order valence-corrected chi connectivity index (χ3v) is 4.46. The van der Waals surface area contributed by atoms with Crippen LogP contribution in [0.1, 0.15) is 48.5 Å². The van der Waals surface area contributed by atoms with Gasteiger partial charge in [-0.25, -0.2) is 0 Å². The molecule has 0 bridgehead atoms. The molecule has 0 radical (unpaired) electrons. The van der Waals surface area contributed by atoms with Gasteiger partial charge in [-0.15, -0.1) is 0 Å². The molecule has 0 aliphatic heterocycles. The molecule has 2 atom stereocenters. The molecule has 0 fully saturated rings. The van der Waals surface area contributed by atoms with E-state index in [1.807, 2.05) is 13.0 Å². The van der Waals surface area contributed by atoms with E-state index in [9.17, 15) is 5.11 Å². The van der Waals surface area contributed by atoms with Crippen molar-refractivity contribution in [1.82, 2.24) is 0 Å². The molecule has 1 N–H and O–H groups in total. The van der Waals surface area contributed by atoms with Crippen molar-refractivity contribution in [3.63, 3.8) is 0 Å². The number of rotatable bonds is 1. The highest BCUT2D eigenvalue weighted by molar-refractivity contribution is 9.10. The van der Waals surface area contributed by atoms with E-state index < -0.39 is 0 Å². The highest BCUT2D eigenvalue weighted by Gasteiger charge is 2.29. The second kappa shape index (κ2) is 4.38. The lowest BCUT2D eigenvalue weighted by Gasteiger charge is -2.30. The van der Waals surface area contributed by atoms with Crippen molar-refractivity contribution in [2.75, 3.05) is 7.11 Å². The fourth-order valence-corrected chi connectivity index (χ4v) is 3.09. The average molecular weight is 285 g/mol. The molecule has 0 spiro atoms. The topological polar surface area (TPSA) is 29.5 Å². The van der Waals surface area contributed by atoms with Gasteiger partial charge in [-0.05, 0) is 37.3 Å². The van der Waals surface area contributed by atoms with E-state index in [0.717, 1.165) is 34.2 Å². The van der Waals surface area contributed by atoms with Crippen LogP contribution in [-0.2, 0) is 0 Å². The van der Waals surface area contributed by atoms with Crippen molar-refractivity contribution < 1.29 is 9.84 Å². The van der Waals surface area contributed by atoms with Gasteiger partial charge in [-0.1, -0.05) is 22.9 Å². The summed E-state index contributed by atoms with van der Waals surface area (Å²) in [5, 5.41) is 10.1. The summed E-state index contributed by atoms with van der Waals surface area (Å²) in [6, 6.07) is 2.04. The summed E-state index contributed by atoms with van der Waals surface area (Å²) in [4.78, 5) is 0. The van der Waals surface area contributed by atoms with Gasteiger partial charge in [0, 0.05) is 15.6 Å². The summed E-state index contributed by atoms with van der Waals surface area (Å²) in [5.41, 5.74) is 3.30. The first-order valence-corrected chi connectivity index (χ1v) is 6.40. The average Bonchev–Trinajstić information content (AvgIpc) is 2.27. The zero-order valence-electron chi connectivity index (χ0n) is 9.88. The number of fused-ring (bicyclic) bond motifs is 1. The van der Waals surface area contributed by atoms with Crippen LogP contribution in [0.3, 0.4) is 0 Å². The lowest BCUT2D eigenvalue weighted by molar-refractivity contribution is 0.149. The molecule has 0 saturated carbocycles. The van der Waals surface area contributed by atoms with Crippen molar-refractivity contribution in [1.29, 1.82) is 0 Å². The first kappa shape index (κ1) is 11.9. The molecular weight excluding hydrogens is 268 g/mol. The van der Waals surface area contributed by atoms with E-state index in [2.05, 4.69) is 22.9 Å². The maximum atomic E-state index is 10.1. The lowest BCUT2D eigenvalue weighted by Crippen LogP contribution is -2.15. The Balaban J connectivity index is 2.70. The van der Waals surface area contributed by atoms with Crippen LogP contribution in [-0.4, -0.2) is 12.2 Å². The molecule has 2 rings (SSSR count). The van der Waals surface area contributed by atoms with Crippen molar-refractivity contribution in [3.05, 3.63) is 27.2 Å². The number of ether oxygens (including phenoxy) is 1. The van der Waals surface area contributed by atoms with Crippen LogP contribution in [0.5, 0.6) is 5.75 Å². The summed E-state index contributed by atoms with van der Waals surface area (Å²) in [5.74, 6) is 1.35. The van der Waals surface area contributed by atoms with Crippen LogP contribution in [0.2, 0.25) is 0 Å². The van der Waals surface area contributed by atoms with E-state index in [-0.39, 0.29) is 6.10 Å². The van der Waals surface area contributed by atoms with Gasteiger partial charge in [-0.3, -0.25) is 0 Å². The van der Waals surface area contributed by atoms with Gasteiger partial charge in [0.25, 0.3) is 0 Å².